The van der Waals surface area contributed by atoms with Gasteiger partial charge in [-0.3, -0.25) is 0 Å². The molecule has 6 aromatic carbocycles. The standard InChI is InChI=1S/C37H21NOS/c38-22-23-18-29(24-8-2-1-3-9-24)37(26-15-17-36-32(21-26)28-11-5-7-13-35(28)40-36)30(19-23)25-14-16-34-31(20-25)27-10-4-6-12-33(27)39-34/h1-21H. The Kier molecular flexibility index (Phi) is 5.10. The van der Waals surface area contributed by atoms with Crippen molar-refractivity contribution < 1.29 is 4.42 Å². The third-order valence-electron chi connectivity index (χ3n) is 7.71. The van der Waals surface area contributed by atoms with Crippen molar-refractivity contribution in [2.75, 3.05) is 0 Å². The number of para-hydroxylation sites is 1. The molecule has 3 heteroatoms. The third kappa shape index (κ3) is 3.55. The lowest BCUT2D eigenvalue weighted by atomic mass is 9.85. The van der Waals surface area contributed by atoms with Gasteiger partial charge in [-0.15, -0.1) is 11.3 Å². The van der Waals surface area contributed by atoms with E-state index < -0.39 is 0 Å². The fourth-order valence-corrected chi connectivity index (χ4v) is 6.95. The Hall–Kier alpha value is -5.17. The summed E-state index contributed by atoms with van der Waals surface area (Å²) in [5.41, 5.74) is 8.84. The van der Waals surface area contributed by atoms with Crippen LogP contribution in [-0.2, 0) is 0 Å². The molecule has 8 aromatic rings. The van der Waals surface area contributed by atoms with Crippen molar-refractivity contribution in [1.29, 1.82) is 5.26 Å². The number of hydrogen-bond acceptors (Lipinski definition) is 3. The van der Waals surface area contributed by atoms with Gasteiger partial charge >= 0.3 is 0 Å². The lowest BCUT2D eigenvalue weighted by Gasteiger charge is -2.17. The van der Waals surface area contributed by atoms with Gasteiger partial charge in [-0.1, -0.05) is 78.9 Å². The van der Waals surface area contributed by atoms with Crippen molar-refractivity contribution >= 4 is 53.4 Å². The molecule has 2 aromatic heterocycles. The van der Waals surface area contributed by atoms with E-state index in [1.54, 1.807) is 0 Å². The molecule has 0 N–H and O–H groups in total. The molecule has 8 rings (SSSR count). The largest absolute Gasteiger partial charge is 0.456 e. The lowest BCUT2D eigenvalue weighted by molar-refractivity contribution is 0.669. The molecule has 0 amide bonds. The summed E-state index contributed by atoms with van der Waals surface area (Å²) >= 11 is 1.82. The number of hydrogen-bond donors (Lipinski definition) is 0. The predicted octanol–water partition coefficient (Wildman–Crippen LogP) is 10.8. The van der Waals surface area contributed by atoms with E-state index in [1.165, 1.54) is 20.2 Å². The Morgan fingerprint density at radius 1 is 0.500 bits per heavy atom. The molecule has 0 bridgehead atoms. The van der Waals surface area contributed by atoms with Crippen molar-refractivity contribution in [3.63, 3.8) is 0 Å². The number of nitrogens with zero attached hydrogens (tertiary/aromatic N) is 1. The van der Waals surface area contributed by atoms with Crippen molar-refractivity contribution in [2.24, 2.45) is 0 Å². The first-order chi connectivity index (χ1) is 19.8. The fraction of sp³-hybridized carbons (Fsp3) is 0. The van der Waals surface area contributed by atoms with Gasteiger partial charge in [0.15, 0.2) is 0 Å². The van der Waals surface area contributed by atoms with Crippen LogP contribution in [-0.4, -0.2) is 0 Å². The van der Waals surface area contributed by atoms with E-state index in [-0.39, 0.29) is 0 Å². The van der Waals surface area contributed by atoms with Crippen LogP contribution in [0.2, 0.25) is 0 Å². The lowest BCUT2D eigenvalue weighted by Crippen LogP contribution is -1.93. The van der Waals surface area contributed by atoms with Gasteiger partial charge in [-0.2, -0.15) is 5.26 Å². The molecule has 0 atom stereocenters. The van der Waals surface area contributed by atoms with Gasteiger partial charge in [0, 0.05) is 30.9 Å². The second-order valence-corrected chi connectivity index (χ2v) is 11.1. The van der Waals surface area contributed by atoms with Crippen LogP contribution in [0.1, 0.15) is 5.56 Å². The number of furan rings is 1. The van der Waals surface area contributed by atoms with Crippen LogP contribution in [0.25, 0.3) is 75.5 Å². The second kappa shape index (κ2) is 8.95. The monoisotopic (exact) mass is 527 g/mol. The third-order valence-corrected chi connectivity index (χ3v) is 8.86. The summed E-state index contributed by atoms with van der Waals surface area (Å²) in [7, 11) is 0. The van der Waals surface area contributed by atoms with Crippen molar-refractivity contribution in [1.82, 2.24) is 0 Å². The summed E-state index contributed by atoms with van der Waals surface area (Å²) in [5.74, 6) is 0. The van der Waals surface area contributed by atoms with E-state index in [1.807, 2.05) is 53.8 Å². The zero-order valence-electron chi connectivity index (χ0n) is 21.4. The Balaban J connectivity index is 1.46. The van der Waals surface area contributed by atoms with Gasteiger partial charge in [0.1, 0.15) is 11.2 Å². The zero-order valence-corrected chi connectivity index (χ0v) is 22.2. The quantitative estimate of drug-likeness (QED) is 0.229. The number of rotatable bonds is 3. The summed E-state index contributed by atoms with van der Waals surface area (Å²) in [5, 5.41) is 14.8. The van der Waals surface area contributed by atoms with Crippen LogP contribution in [0.3, 0.4) is 0 Å². The molecule has 0 aliphatic heterocycles. The highest BCUT2D eigenvalue weighted by molar-refractivity contribution is 7.25. The zero-order chi connectivity index (χ0) is 26.6. The van der Waals surface area contributed by atoms with Gasteiger partial charge in [0.2, 0.25) is 0 Å². The minimum Gasteiger partial charge on any atom is -0.456 e. The van der Waals surface area contributed by atoms with E-state index in [9.17, 15) is 5.26 Å². The Morgan fingerprint density at radius 3 is 2.00 bits per heavy atom. The highest BCUT2D eigenvalue weighted by Gasteiger charge is 2.19. The molecule has 0 spiro atoms. The molecule has 0 unspecified atom stereocenters. The van der Waals surface area contributed by atoms with Gasteiger partial charge in [0.05, 0.1) is 11.6 Å². The highest BCUT2D eigenvalue weighted by atomic mass is 32.1. The van der Waals surface area contributed by atoms with E-state index in [2.05, 4.69) is 91.0 Å². The maximum absolute atomic E-state index is 10.1. The minimum atomic E-state index is 0.636. The topological polar surface area (TPSA) is 36.9 Å². The van der Waals surface area contributed by atoms with E-state index in [0.29, 0.717) is 5.56 Å². The summed E-state index contributed by atoms with van der Waals surface area (Å²) in [6.45, 7) is 0. The van der Waals surface area contributed by atoms with Crippen LogP contribution in [0.4, 0.5) is 0 Å². The number of nitriles is 1. The maximum atomic E-state index is 10.1. The number of thiophene rings is 1. The maximum Gasteiger partial charge on any atom is 0.135 e. The summed E-state index contributed by atoms with van der Waals surface area (Å²) in [6, 6.07) is 46.7. The van der Waals surface area contributed by atoms with Crippen molar-refractivity contribution in [3.8, 4) is 39.4 Å². The summed E-state index contributed by atoms with van der Waals surface area (Å²) in [4.78, 5) is 0. The van der Waals surface area contributed by atoms with Crippen LogP contribution >= 0.6 is 11.3 Å². The minimum absolute atomic E-state index is 0.636. The van der Waals surface area contributed by atoms with Gasteiger partial charge in [-0.25, -0.2) is 0 Å². The smallest absolute Gasteiger partial charge is 0.135 e. The molecule has 2 nitrogen and oxygen atoms in total. The molecule has 0 fully saturated rings. The fourth-order valence-electron chi connectivity index (χ4n) is 5.87. The Morgan fingerprint density at radius 2 is 1.15 bits per heavy atom. The Bertz CT molecular complexity index is 2280. The first-order valence-corrected chi connectivity index (χ1v) is 14.1. The Labute approximate surface area is 235 Å². The molecular formula is C37H21NOS. The SMILES string of the molecule is N#Cc1cc(-c2ccccc2)c(-c2ccc3sc4ccccc4c3c2)c(-c2ccc3oc4ccccc4c3c2)c1. The molecule has 40 heavy (non-hydrogen) atoms. The first kappa shape index (κ1) is 22.8. The van der Waals surface area contributed by atoms with Crippen LogP contribution < -0.4 is 0 Å². The van der Waals surface area contributed by atoms with Gasteiger partial charge < -0.3 is 4.42 Å². The van der Waals surface area contributed by atoms with Crippen molar-refractivity contribution in [3.05, 3.63) is 133 Å². The molecule has 0 saturated carbocycles. The van der Waals surface area contributed by atoms with Crippen LogP contribution in [0, 0.1) is 11.3 Å². The molecule has 0 aliphatic rings. The average Bonchev–Trinajstić information content (AvgIpc) is 3.58. The number of fused-ring (bicyclic) bond motifs is 6. The predicted molar refractivity (Wildman–Crippen MR) is 168 cm³/mol. The van der Waals surface area contributed by atoms with Gasteiger partial charge in [-0.05, 0) is 81.9 Å². The summed E-state index contributed by atoms with van der Waals surface area (Å²) < 4.78 is 8.68. The number of benzene rings is 6. The molecule has 0 aliphatic carbocycles. The van der Waals surface area contributed by atoms with Crippen LogP contribution in [0.15, 0.2) is 132 Å². The molecule has 0 radical (unpaired) electrons. The second-order valence-electron chi connectivity index (χ2n) is 10.0. The highest BCUT2D eigenvalue weighted by Crippen LogP contribution is 2.45. The van der Waals surface area contributed by atoms with E-state index in [4.69, 9.17) is 4.42 Å². The molecule has 186 valence electrons. The molecular weight excluding hydrogens is 506 g/mol. The van der Waals surface area contributed by atoms with Crippen molar-refractivity contribution in [2.45, 2.75) is 0 Å². The normalized spacial score (nSPS) is 11.5. The summed E-state index contributed by atoms with van der Waals surface area (Å²) in [6.07, 6.45) is 0. The average molecular weight is 528 g/mol. The van der Waals surface area contributed by atoms with Gasteiger partial charge in [0.25, 0.3) is 0 Å². The molecule has 0 saturated heterocycles. The van der Waals surface area contributed by atoms with E-state index in [0.717, 1.165) is 55.3 Å². The molecule has 2 heterocycles. The van der Waals surface area contributed by atoms with Crippen LogP contribution in [0.5, 0.6) is 0 Å². The first-order valence-electron chi connectivity index (χ1n) is 13.2. The van der Waals surface area contributed by atoms with E-state index >= 15 is 0 Å².